The first-order valence-corrected chi connectivity index (χ1v) is 9.60. The Morgan fingerprint density at radius 2 is 1.85 bits per heavy atom. The van der Waals surface area contributed by atoms with Crippen molar-refractivity contribution in [2.75, 3.05) is 34.2 Å². The van der Waals surface area contributed by atoms with Gasteiger partial charge in [-0.25, -0.2) is 0 Å². The molecule has 27 heavy (non-hydrogen) atoms. The molecule has 5 nitrogen and oxygen atoms in total. The van der Waals surface area contributed by atoms with Crippen molar-refractivity contribution in [2.24, 2.45) is 10.4 Å². The SMILES string of the molecule is CN=C(NCCc1ccc(C)cc1C)NCC1(C(=O)N(C)C)CCCC1.I. The fourth-order valence-corrected chi connectivity index (χ4v) is 3.91. The topological polar surface area (TPSA) is 56.7 Å². The summed E-state index contributed by atoms with van der Waals surface area (Å²) < 4.78 is 0. The number of aryl methyl sites for hydroxylation is 2. The highest BCUT2D eigenvalue weighted by Crippen LogP contribution is 2.38. The number of hydrogen-bond acceptors (Lipinski definition) is 2. The van der Waals surface area contributed by atoms with Crippen LogP contribution in [0, 0.1) is 19.3 Å². The van der Waals surface area contributed by atoms with Gasteiger partial charge in [0.25, 0.3) is 0 Å². The van der Waals surface area contributed by atoms with Crippen LogP contribution >= 0.6 is 24.0 Å². The van der Waals surface area contributed by atoms with E-state index in [1.54, 1.807) is 11.9 Å². The van der Waals surface area contributed by atoms with Gasteiger partial charge in [0, 0.05) is 34.2 Å². The van der Waals surface area contributed by atoms with E-state index in [-0.39, 0.29) is 35.3 Å². The highest BCUT2D eigenvalue weighted by atomic mass is 127. The number of benzene rings is 1. The van der Waals surface area contributed by atoms with E-state index < -0.39 is 0 Å². The van der Waals surface area contributed by atoms with Crippen LogP contribution in [0.5, 0.6) is 0 Å². The van der Waals surface area contributed by atoms with Crippen molar-refractivity contribution in [3.63, 3.8) is 0 Å². The van der Waals surface area contributed by atoms with E-state index in [2.05, 4.69) is 47.7 Å². The first-order chi connectivity index (χ1) is 12.4. The third-order valence-corrected chi connectivity index (χ3v) is 5.42. The largest absolute Gasteiger partial charge is 0.356 e. The Hall–Kier alpha value is -1.31. The highest BCUT2D eigenvalue weighted by Gasteiger charge is 2.42. The Balaban J connectivity index is 0.00000364. The molecule has 1 aromatic rings. The predicted octanol–water partition coefficient (Wildman–Crippen LogP) is 3.28. The van der Waals surface area contributed by atoms with Crippen LogP contribution in [-0.4, -0.2) is 51.0 Å². The number of halogens is 1. The lowest BCUT2D eigenvalue weighted by molar-refractivity contribution is -0.138. The maximum Gasteiger partial charge on any atom is 0.230 e. The van der Waals surface area contributed by atoms with E-state index in [0.29, 0.717) is 6.54 Å². The number of aliphatic imine (C=N–C) groups is 1. The number of hydrogen-bond donors (Lipinski definition) is 2. The molecular formula is C21H35IN4O. The molecule has 0 unspecified atom stereocenters. The first kappa shape index (κ1) is 23.7. The lowest BCUT2D eigenvalue weighted by Crippen LogP contribution is -2.49. The molecular weight excluding hydrogens is 451 g/mol. The first-order valence-electron chi connectivity index (χ1n) is 9.60. The van der Waals surface area contributed by atoms with Gasteiger partial charge >= 0.3 is 0 Å². The summed E-state index contributed by atoms with van der Waals surface area (Å²) in [5, 5.41) is 6.77. The van der Waals surface area contributed by atoms with E-state index in [9.17, 15) is 4.79 Å². The monoisotopic (exact) mass is 486 g/mol. The summed E-state index contributed by atoms with van der Waals surface area (Å²) in [4.78, 5) is 18.7. The second kappa shape index (κ2) is 10.9. The van der Waals surface area contributed by atoms with Gasteiger partial charge in [-0.05, 0) is 44.2 Å². The maximum atomic E-state index is 12.7. The van der Waals surface area contributed by atoms with E-state index in [1.807, 2.05) is 14.1 Å². The summed E-state index contributed by atoms with van der Waals surface area (Å²) in [5.74, 6) is 1.00. The summed E-state index contributed by atoms with van der Waals surface area (Å²) in [6.45, 7) is 5.74. The molecule has 0 atom stereocenters. The van der Waals surface area contributed by atoms with Gasteiger partial charge in [0.1, 0.15) is 0 Å². The van der Waals surface area contributed by atoms with E-state index in [0.717, 1.165) is 44.6 Å². The number of rotatable bonds is 6. The Bertz CT molecular complexity index is 652. The fraction of sp³-hybridized carbons (Fsp3) is 0.619. The second-order valence-electron chi connectivity index (χ2n) is 7.72. The van der Waals surface area contributed by atoms with Crippen LogP contribution in [0.15, 0.2) is 23.2 Å². The van der Waals surface area contributed by atoms with Crippen molar-refractivity contribution in [3.8, 4) is 0 Å². The van der Waals surface area contributed by atoms with Crippen LogP contribution in [-0.2, 0) is 11.2 Å². The molecule has 1 fully saturated rings. The van der Waals surface area contributed by atoms with E-state index >= 15 is 0 Å². The molecule has 0 heterocycles. The van der Waals surface area contributed by atoms with Crippen molar-refractivity contribution < 1.29 is 4.79 Å². The number of nitrogens with one attached hydrogen (secondary N) is 2. The average molecular weight is 486 g/mol. The summed E-state index contributed by atoms with van der Waals surface area (Å²) in [5.41, 5.74) is 3.70. The number of guanidine groups is 1. The summed E-state index contributed by atoms with van der Waals surface area (Å²) >= 11 is 0. The molecule has 1 aliphatic carbocycles. The molecule has 152 valence electrons. The van der Waals surface area contributed by atoms with Crippen molar-refractivity contribution in [3.05, 3.63) is 34.9 Å². The molecule has 1 saturated carbocycles. The smallest absolute Gasteiger partial charge is 0.230 e. The number of carbonyl (C=O) groups excluding carboxylic acids is 1. The van der Waals surface area contributed by atoms with E-state index in [4.69, 9.17) is 0 Å². The van der Waals surface area contributed by atoms with Crippen molar-refractivity contribution in [1.82, 2.24) is 15.5 Å². The van der Waals surface area contributed by atoms with Gasteiger partial charge in [-0.2, -0.15) is 0 Å². The molecule has 2 rings (SSSR count). The van der Waals surface area contributed by atoms with E-state index in [1.165, 1.54) is 16.7 Å². The van der Waals surface area contributed by atoms with Crippen molar-refractivity contribution in [1.29, 1.82) is 0 Å². The number of amides is 1. The molecule has 6 heteroatoms. The summed E-state index contributed by atoms with van der Waals surface area (Å²) in [7, 11) is 5.47. The third-order valence-electron chi connectivity index (χ3n) is 5.42. The lowest BCUT2D eigenvalue weighted by Gasteiger charge is -2.31. The molecule has 1 aliphatic rings. The zero-order chi connectivity index (χ0) is 19.2. The minimum atomic E-state index is -0.283. The van der Waals surface area contributed by atoms with Crippen LogP contribution in [0.1, 0.15) is 42.4 Å². The summed E-state index contributed by atoms with van der Waals surface area (Å²) in [6.07, 6.45) is 5.11. The lowest BCUT2D eigenvalue weighted by atomic mass is 9.84. The molecule has 0 spiro atoms. The molecule has 2 N–H and O–H groups in total. The highest BCUT2D eigenvalue weighted by molar-refractivity contribution is 14.0. The standard InChI is InChI=1S/C21H34N4O.HI/c1-16-8-9-18(17(2)14-16)10-13-23-20(22-3)24-15-21(11-6-7-12-21)19(26)25(4)5;/h8-9,14H,6-7,10-13,15H2,1-5H3,(H2,22,23,24);1H. The Labute approximate surface area is 181 Å². The fourth-order valence-electron chi connectivity index (χ4n) is 3.91. The van der Waals surface area contributed by atoms with Gasteiger partial charge in [-0.15, -0.1) is 24.0 Å². The molecule has 0 aromatic heterocycles. The number of carbonyl (C=O) groups is 1. The zero-order valence-corrected chi connectivity index (χ0v) is 19.7. The Morgan fingerprint density at radius 1 is 1.19 bits per heavy atom. The van der Waals surface area contributed by atoms with Gasteiger partial charge in [0.15, 0.2) is 5.96 Å². The van der Waals surface area contributed by atoms with Crippen LogP contribution in [0.25, 0.3) is 0 Å². The van der Waals surface area contributed by atoms with Crippen LogP contribution in [0.4, 0.5) is 0 Å². The third kappa shape index (κ3) is 6.36. The quantitative estimate of drug-likeness (QED) is 0.369. The minimum Gasteiger partial charge on any atom is -0.356 e. The van der Waals surface area contributed by atoms with Crippen molar-refractivity contribution >= 4 is 35.8 Å². The molecule has 0 radical (unpaired) electrons. The van der Waals surface area contributed by atoms with Gasteiger partial charge in [0.2, 0.25) is 5.91 Å². The predicted molar refractivity (Wildman–Crippen MR) is 124 cm³/mol. The second-order valence-corrected chi connectivity index (χ2v) is 7.72. The Morgan fingerprint density at radius 3 is 2.41 bits per heavy atom. The van der Waals surface area contributed by atoms with Crippen LogP contribution in [0.3, 0.4) is 0 Å². The molecule has 1 aromatic carbocycles. The molecule has 0 saturated heterocycles. The maximum absolute atomic E-state index is 12.7. The van der Waals surface area contributed by atoms with Gasteiger partial charge in [-0.1, -0.05) is 36.6 Å². The van der Waals surface area contributed by atoms with Gasteiger partial charge < -0.3 is 15.5 Å². The van der Waals surface area contributed by atoms with Crippen LogP contribution in [0.2, 0.25) is 0 Å². The zero-order valence-electron chi connectivity index (χ0n) is 17.4. The Kier molecular flexibility index (Phi) is 9.56. The number of nitrogens with zero attached hydrogens (tertiary/aromatic N) is 2. The average Bonchev–Trinajstić information content (AvgIpc) is 3.08. The van der Waals surface area contributed by atoms with Crippen molar-refractivity contribution in [2.45, 2.75) is 46.0 Å². The van der Waals surface area contributed by atoms with Gasteiger partial charge in [-0.3, -0.25) is 9.79 Å². The summed E-state index contributed by atoms with van der Waals surface area (Å²) in [6, 6.07) is 6.58. The van der Waals surface area contributed by atoms with Crippen LogP contribution < -0.4 is 10.6 Å². The molecule has 1 amide bonds. The minimum absolute atomic E-state index is 0. The molecule has 0 bridgehead atoms. The van der Waals surface area contributed by atoms with Gasteiger partial charge in [0.05, 0.1) is 5.41 Å². The normalized spacial score (nSPS) is 15.8. The molecule has 0 aliphatic heterocycles.